The fourth-order valence-corrected chi connectivity index (χ4v) is 3.09. The van der Waals surface area contributed by atoms with Crippen molar-refractivity contribution in [1.82, 2.24) is 0 Å². The van der Waals surface area contributed by atoms with Gasteiger partial charge in [0.1, 0.15) is 0 Å². The SMILES string of the molecule is CC(C)S(=O)(=O)CCC1(CO)CCCOC1. The summed E-state index contributed by atoms with van der Waals surface area (Å²) in [4.78, 5) is 0. The Morgan fingerprint density at radius 1 is 1.44 bits per heavy atom. The number of rotatable bonds is 5. The van der Waals surface area contributed by atoms with Gasteiger partial charge in [0.2, 0.25) is 0 Å². The number of ether oxygens (including phenoxy) is 1. The molecule has 16 heavy (non-hydrogen) atoms. The highest BCUT2D eigenvalue weighted by Crippen LogP contribution is 2.32. The largest absolute Gasteiger partial charge is 0.396 e. The fraction of sp³-hybridized carbons (Fsp3) is 1.00. The molecule has 1 atom stereocenters. The third-order valence-corrected chi connectivity index (χ3v) is 5.58. The van der Waals surface area contributed by atoms with E-state index in [2.05, 4.69) is 0 Å². The summed E-state index contributed by atoms with van der Waals surface area (Å²) in [6.07, 6.45) is 2.27. The van der Waals surface area contributed by atoms with E-state index in [0.717, 1.165) is 19.4 Å². The van der Waals surface area contributed by atoms with Crippen LogP contribution in [0.15, 0.2) is 0 Å². The molecule has 1 unspecified atom stereocenters. The van der Waals surface area contributed by atoms with E-state index in [9.17, 15) is 13.5 Å². The van der Waals surface area contributed by atoms with Crippen molar-refractivity contribution in [3.05, 3.63) is 0 Å². The second-order valence-electron chi connectivity index (χ2n) is 4.98. The predicted octanol–water partition coefficient (Wildman–Crippen LogP) is 0.989. The van der Waals surface area contributed by atoms with E-state index in [-0.39, 0.29) is 23.0 Å². The molecule has 1 aliphatic heterocycles. The number of hydrogen-bond acceptors (Lipinski definition) is 4. The fourth-order valence-electron chi connectivity index (χ4n) is 1.91. The van der Waals surface area contributed by atoms with Gasteiger partial charge in [-0.25, -0.2) is 8.42 Å². The van der Waals surface area contributed by atoms with Crippen LogP contribution in [0.3, 0.4) is 0 Å². The Hall–Kier alpha value is -0.130. The van der Waals surface area contributed by atoms with Gasteiger partial charge in [-0.1, -0.05) is 0 Å². The highest BCUT2D eigenvalue weighted by Gasteiger charge is 2.34. The summed E-state index contributed by atoms with van der Waals surface area (Å²) in [6, 6.07) is 0. The van der Waals surface area contributed by atoms with E-state index in [4.69, 9.17) is 4.74 Å². The zero-order chi connectivity index (χ0) is 12.2. The highest BCUT2D eigenvalue weighted by atomic mass is 32.2. The van der Waals surface area contributed by atoms with Gasteiger partial charge in [0.15, 0.2) is 9.84 Å². The van der Waals surface area contributed by atoms with Crippen molar-refractivity contribution in [2.75, 3.05) is 25.6 Å². The van der Waals surface area contributed by atoms with Gasteiger partial charge in [0, 0.05) is 12.0 Å². The Balaban J connectivity index is 2.58. The van der Waals surface area contributed by atoms with Crippen molar-refractivity contribution < 1.29 is 18.3 Å². The molecule has 1 fully saturated rings. The average molecular weight is 250 g/mol. The van der Waals surface area contributed by atoms with Crippen LogP contribution in [0.4, 0.5) is 0 Å². The number of aliphatic hydroxyl groups excluding tert-OH is 1. The Morgan fingerprint density at radius 2 is 2.12 bits per heavy atom. The zero-order valence-corrected chi connectivity index (χ0v) is 10.9. The molecular formula is C11H22O4S. The lowest BCUT2D eigenvalue weighted by Crippen LogP contribution is -2.37. The molecule has 5 heteroatoms. The van der Waals surface area contributed by atoms with Crippen molar-refractivity contribution >= 4 is 9.84 Å². The molecule has 96 valence electrons. The van der Waals surface area contributed by atoms with E-state index in [1.807, 2.05) is 0 Å². The Bertz CT molecular complexity index is 302. The Labute approximate surface area is 97.9 Å². The normalized spacial score (nSPS) is 27.2. The first-order valence-corrected chi connectivity index (χ1v) is 7.54. The molecule has 1 N–H and O–H groups in total. The van der Waals surface area contributed by atoms with Gasteiger partial charge >= 0.3 is 0 Å². The molecule has 0 saturated carbocycles. The third-order valence-electron chi connectivity index (χ3n) is 3.37. The summed E-state index contributed by atoms with van der Waals surface area (Å²) < 4.78 is 28.8. The minimum atomic E-state index is -3.01. The standard InChI is InChI=1S/C11H22O4S/c1-10(2)16(13,14)7-5-11(8-12)4-3-6-15-9-11/h10,12H,3-9H2,1-2H3. The first kappa shape index (κ1) is 13.9. The number of aliphatic hydroxyl groups is 1. The van der Waals surface area contributed by atoms with Crippen LogP contribution in [0.25, 0.3) is 0 Å². The van der Waals surface area contributed by atoms with Crippen LogP contribution < -0.4 is 0 Å². The molecule has 0 amide bonds. The molecular weight excluding hydrogens is 228 g/mol. The van der Waals surface area contributed by atoms with Gasteiger partial charge in [-0.05, 0) is 33.1 Å². The molecule has 0 radical (unpaired) electrons. The van der Waals surface area contributed by atoms with Gasteiger partial charge in [-0.15, -0.1) is 0 Å². The Morgan fingerprint density at radius 3 is 2.56 bits per heavy atom. The van der Waals surface area contributed by atoms with E-state index >= 15 is 0 Å². The minimum absolute atomic E-state index is 0.0145. The Kier molecular flexibility index (Phi) is 4.76. The molecule has 0 spiro atoms. The maximum absolute atomic E-state index is 11.7. The quantitative estimate of drug-likeness (QED) is 0.790. The smallest absolute Gasteiger partial charge is 0.152 e. The van der Waals surface area contributed by atoms with Gasteiger partial charge in [-0.3, -0.25) is 0 Å². The topological polar surface area (TPSA) is 63.6 Å². The molecule has 0 aromatic heterocycles. The molecule has 1 saturated heterocycles. The minimum Gasteiger partial charge on any atom is -0.396 e. The van der Waals surface area contributed by atoms with Crippen LogP contribution in [0.1, 0.15) is 33.1 Å². The summed E-state index contributed by atoms with van der Waals surface area (Å²) in [5.74, 6) is 0.147. The molecule has 1 aliphatic rings. The third kappa shape index (κ3) is 3.43. The maximum Gasteiger partial charge on any atom is 0.152 e. The summed E-state index contributed by atoms with van der Waals surface area (Å²) in [5, 5.41) is 9.06. The molecule has 0 aromatic carbocycles. The lowest BCUT2D eigenvalue weighted by molar-refractivity contribution is -0.0397. The maximum atomic E-state index is 11.7. The second kappa shape index (κ2) is 5.47. The van der Waals surface area contributed by atoms with Crippen LogP contribution in [-0.4, -0.2) is 44.3 Å². The monoisotopic (exact) mass is 250 g/mol. The summed E-state index contributed by atoms with van der Waals surface area (Å²) in [5.41, 5.74) is -0.333. The summed E-state index contributed by atoms with van der Waals surface area (Å²) in [6.45, 7) is 4.60. The average Bonchev–Trinajstić information content (AvgIpc) is 2.28. The van der Waals surface area contributed by atoms with Crippen LogP contribution in [0.2, 0.25) is 0 Å². The first-order valence-electron chi connectivity index (χ1n) is 5.82. The molecule has 4 nitrogen and oxygen atoms in total. The van der Waals surface area contributed by atoms with Crippen molar-refractivity contribution in [2.45, 2.75) is 38.4 Å². The second-order valence-corrected chi connectivity index (χ2v) is 7.66. The van der Waals surface area contributed by atoms with Crippen LogP contribution in [0, 0.1) is 5.41 Å². The van der Waals surface area contributed by atoms with Crippen LogP contribution in [-0.2, 0) is 14.6 Å². The zero-order valence-electron chi connectivity index (χ0n) is 10.1. The first-order chi connectivity index (χ1) is 7.42. The van der Waals surface area contributed by atoms with Gasteiger partial charge < -0.3 is 9.84 Å². The van der Waals surface area contributed by atoms with Crippen molar-refractivity contribution in [3.63, 3.8) is 0 Å². The van der Waals surface area contributed by atoms with Crippen molar-refractivity contribution in [2.24, 2.45) is 5.41 Å². The molecule has 0 bridgehead atoms. The van der Waals surface area contributed by atoms with E-state index in [1.54, 1.807) is 13.8 Å². The highest BCUT2D eigenvalue weighted by molar-refractivity contribution is 7.91. The van der Waals surface area contributed by atoms with E-state index < -0.39 is 9.84 Å². The molecule has 1 rings (SSSR count). The molecule has 0 aromatic rings. The number of hydrogen-bond donors (Lipinski definition) is 1. The predicted molar refractivity (Wildman–Crippen MR) is 63.1 cm³/mol. The van der Waals surface area contributed by atoms with E-state index in [0.29, 0.717) is 13.0 Å². The molecule has 1 heterocycles. The van der Waals surface area contributed by atoms with Gasteiger partial charge in [0.25, 0.3) is 0 Å². The lowest BCUT2D eigenvalue weighted by Gasteiger charge is -2.35. The lowest BCUT2D eigenvalue weighted by atomic mass is 9.81. The van der Waals surface area contributed by atoms with Crippen molar-refractivity contribution in [3.8, 4) is 0 Å². The van der Waals surface area contributed by atoms with Crippen LogP contribution >= 0.6 is 0 Å². The summed E-state index contributed by atoms with van der Waals surface area (Å²) in [7, 11) is -3.01. The van der Waals surface area contributed by atoms with Gasteiger partial charge in [0.05, 0.1) is 24.2 Å². The molecule has 0 aliphatic carbocycles. The summed E-state index contributed by atoms with van der Waals surface area (Å²) >= 11 is 0. The van der Waals surface area contributed by atoms with E-state index in [1.165, 1.54) is 0 Å². The number of sulfone groups is 1. The van der Waals surface area contributed by atoms with Crippen molar-refractivity contribution in [1.29, 1.82) is 0 Å². The van der Waals surface area contributed by atoms with Crippen LogP contribution in [0.5, 0.6) is 0 Å². The van der Waals surface area contributed by atoms with Gasteiger partial charge in [-0.2, -0.15) is 0 Å².